The van der Waals surface area contributed by atoms with Crippen molar-refractivity contribution in [2.24, 2.45) is 0 Å². The number of aromatic nitrogens is 3. The number of rotatable bonds is 7. The van der Waals surface area contributed by atoms with E-state index in [1.807, 2.05) is 48.9 Å². The summed E-state index contributed by atoms with van der Waals surface area (Å²) in [6, 6.07) is 16.2. The highest BCUT2D eigenvalue weighted by atomic mass is 16.3. The molecule has 6 nitrogen and oxygen atoms in total. The molecular formula is C26H28N4O2. The van der Waals surface area contributed by atoms with E-state index in [0.29, 0.717) is 11.5 Å². The minimum Gasteiger partial charge on any atom is -0.441 e. The van der Waals surface area contributed by atoms with Gasteiger partial charge in [0, 0.05) is 43.5 Å². The highest BCUT2D eigenvalue weighted by molar-refractivity contribution is 5.97. The van der Waals surface area contributed by atoms with Crippen LogP contribution in [-0.2, 0) is 19.4 Å². The van der Waals surface area contributed by atoms with Crippen LogP contribution < -0.4 is 0 Å². The van der Waals surface area contributed by atoms with Gasteiger partial charge in [-0.1, -0.05) is 30.3 Å². The van der Waals surface area contributed by atoms with E-state index < -0.39 is 0 Å². The molecule has 1 aliphatic rings. The van der Waals surface area contributed by atoms with Crippen molar-refractivity contribution in [1.29, 1.82) is 0 Å². The maximum Gasteiger partial charge on any atom is 0.254 e. The van der Waals surface area contributed by atoms with Gasteiger partial charge in [0.15, 0.2) is 11.5 Å². The summed E-state index contributed by atoms with van der Waals surface area (Å²) < 4.78 is 8.01. The van der Waals surface area contributed by atoms with Crippen LogP contribution in [0.4, 0.5) is 0 Å². The van der Waals surface area contributed by atoms with E-state index in [4.69, 9.17) is 4.42 Å². The van der Waals surface area contributed by atoms with Crippen LogP contribution in [0, 0.1) is 0 Å². The van der Waals surface area contributed by atoms with Gasteiger partial charge in [-0.15, -0.1) is 0 Å². The third-order valence-electron chi connectivity index (χ3n) is 6.32. The smallest absolute Gasteiger partial charge is 0.254 e. The minimum absolute atomic E-state index is 0.0936. The first-order chi connectivity index (χ1) is 15.8. The Morgan fingerprint density at radius 1 is 1.09 bits per heavy atom. The lowest BCUT2D eigenvalue weighted by Crippen LogP contribution is -2.44. The van der Waals surface area contributed by atoms with E-state index >= 15 is 0 Å². The SMILES string of the molecule is O=C(c1ccc2oc(CCc3ccccc3)nc2c1)N1CCCCC1CCn1ccnc1. The summed E-state index contributed by atoms with van der Waals surface area (Å²) >= 11 is 0. The van der Waals surface area contributed by atoms with Gasteiger partial charge in [0.05, 0.1) is 6.33 Å². The Bertz CT molecular complexity index is 1170. The number of fused-ring (bicyclic) bond motifs is 1. The van der Waals surface area contributed by atoms with Crippen LogP contribution in [0.3, 0.4) is 0 Å². The van der Waals surface area contributed by atoms with E-state index in [0.717, 1.165) is 56.3 Å². The van der Waals surface area contributed by atoms with Crippen LogP contribution in [0.2, 0.25) is 0 Å². The summed E-state index contributed by atoms with van der Waals surface area (Å²) in [6.07, 6.45) is 11.5. The number of piperidine rings is 1. The van der Waals surface area contributed by atoms with Gasteiger partial charge in [0.2, 0.25) is 0 Å². The number of oxazole rings is 1. The molecule has 5 rings (SSSR count). The number of aryl methyl sites for hydroxylation is 3. The van der Waals surface area contributed by atoms with Crippen LogP contribution in [0.5, 0.6) is 0 Å². The van der Waals surface area contributed by atoms with Crippen LogP contribution in [-0.4, -0.2) is 37.9 Å². The zero-order valence-corrected chi connectivity index (χ0v) is 18.2. The predicted molar refractivity (Wildman–Crippen MR) is 123 cm³/mol. The zero-order chi connectivity index (χ0) is 21.8. The molecular weight excluding hydrogens is 400 g/mol. The summed E-state index contributed by atoms with van der Waals surface area (Å²) in [4.78, 5) is 24.2. The van der Waals surface area contributed by atoms with Crippen molar-refractivity contribution in [2.45, 2.75) is 51.1 Å². The molecule has 0 spiro atoms. The number of amides is 1. The number of hydrogen-bond donors (Lipinski definition) is 0. The molecule has 0 saturated carbocycles. The second-order valence-corrected chi connectivity index (χ2v) is 8.51. The average Bonchev–Trinajstić information content (AvgIpc) is 3.51. The third-order valence-corrected chi connectivity index (χ3v) is 6.32. The first-order valence-corrected chi connectivity index (χ1v) is 11.5. The van der Waals surface area contributed by atoms with Crippen molar-refractivity contribution in [3.05, 3.63) is 84.3 Å². The lowest BCUT2D eigenvalue weighted by molar-refractivity contribution is 0.0595. The average molecular weight is 429 g/mol. The van der Waals surface area contributed by atoms with Crippen LogP contribution in [0.15, 0.2) is 71.7 Å². The molecule has 1 atom stereocenters. The maximum absolute atomic E-state index is 13.4. The van der Waals surface area contributed by atoms with E-state index in [-0.39, 0.29) is 11.9 Å². The Kier molecular flexibility index (Phi) is 6.01. The highest BCUT2D eigenvalue weighted by Crippen LogP contribution is 2.25. The molecule has 164 valence electrons. The molecule has 3 heterocycles. The predicted octanol–water partition coefficient (Wildman–Crippen LogP) is 4.89. The lowest BCUT2D eigenvalue weighted by atomic mass is 9.98. The number of carbonyl (C=O) groups excluding carboxylic acids is 1. The molecule has 0 N–H and O–H groups in total. The second kappa shape index (κ2) is 9.39. The van der Waals surface area contributed by atoms with Crippen molar-refractivity contribution in [3.8, 4) is 0 Å². The first-order valence-electron chi connectivity index (χ1n) is 11.5. The van der Waals surface area contributed by atoms with Gasteiger partial charge in [-0.2, -0.15) is 0 Å². The number of imidazole rings is 1. The molecule has 1 aliphatic heterocycles. The van der Waals surface area contributed by atoms with E-state index in [1.54, 1.807) is 6.20 Å². The van der Waals surface area contributed by atoms with E-state index in [1.165, 1.54) is 12.0 Å². The van der Waals surface area contributed by atoms with Crippen molar-refractivity contribution in [3.63, 3.8) is 0 Å². The fourth-order valence-electron chi connectivity index (χ4n) is 4.56. The number of benzene rings is 2. The summed E-state index contributed by atoms with van der Waals surface area (Å²) in [6.45, 7) is 1.69. The van der Waals surface area contributed by atoms with Gasteiger partial charge in [-0.3, -0.25) is 4.79 Å². The fraction of sp³-hybridized carbons (Fsp3) is 0.346. The molecule has 0 bridgehead atoms. The molecule has 1 fully saturated rings. The van der Waals surface area contributed by atoms with Gasteiger partial charge in [-0.25, -0.2) is 9.97 Å². The third kappa shape index (κ3) is 4.59. The second-order valence-electron chi connectivity index (χ2n) is 8.51. The molecule has 1 saturated heterocycles. The maximum atomic E-state index is 13.4. The minimum atomic E-state index is 0.0936. The quantitative estimate of drug-likeness (QED) is 0.420. The standard InChI is InChI=1S/C26H28N4O2/c31-26(30-15-5-4-8-22(30)13-16-29-17-14-27-19-29)21-10-11-24-23(18-21)28-25(32-24)12-9-20-6-2-1-3-7-20/h1-3,6-7,10-11,14,17-19,22H,4-5,8-9,12-13,15-16H2. The molecule has 2 aromatic carbocycles. The number of hydrogen-bond acceptors (Lipinski definition) is 4. The van der Waals surface area contributed by atoms with Gasteiger partial charge >= 0.3 is 0 Å². The Morgan fingerprint density at radius 3 is 2.84 bits per heavy atom. The highest BCUT2D eigenvalue weighted by Gasteiger charge is 2.27. The van der Waals surface area contributed by atoms with Crippen LogP contribution in [0.25, 0.3) is 11.1 Å². The zero-order valence-electron chi connectivity index (χ0n) is 18.2. The monoisotopic (exact) mass is 428 g/mol. The largest absolute Gasteiger partial charge is 0.441 e. The van der Waals surface area contributed by atoms with Crippen molar-refractivity contribution >= 4 is 17.0 Å². The molecule has 0 radical (unpaired) electrons. The molecule has 1 amide bonds. The van der Waals surface area contributed by atoms with Crippen LogP contribution in [0.1, 0.15) is 47.5 Å². The van der Waals surface area contributed by atoms with Gasteiger partial charge < -0.3 is 13.9 Å². The molecule has 0 aliphatic carbocycles. The van der Waals surface area contributed by atoms with E-state index in [9.17, 15) is 4.79 Å². The number of nitrogens with zero attached hydrogens (tertiary/aromatic N) is 4. The summed E-state index contributed by atoms with van der Waals surface area (Å²) in [5, 5.41) is 0. The molecule has 1 unspecified atom stereocenters. The summed E-state index contributed by atoms with van der Waals surface area (Å²) in [7, 11) is 0. The van der Waals surface area contributed by atoms with Crippen molar-refractivity contribution in [2.75, 3.05) is 6.54 Å². The van der Waals surface area contributed by atoms with Gasteiger partial charge in [-0.05, 0) is 55.9 Å². The Morgan fingerprint density at radius 2 is 2.00 bits per heavy atom. The Labute approximate surface area is 187 Å². The fourth-order valence-corrected chi connectivity index (χ4v) is 4.56. The Balaban J connectivity index is 1.28. The first kappa shape index (κ1) is 20.5. The molecule has 32 heavy (non-hydrogen) atoms. The normalized spacial score (nSPS) is 16.5. The van der Waals surface area contributed by atoms with Crippen molar-refractivity contribution in [1.82, 2.24) is 19.4 Å². The Hall–Kier alpha value is -3.41. The van der Waals surface area contributed by atoms with E-state index in [2.05, 4.69) is 31.6 Å². The van der Waals surface area contributed by atoms with Gasteiger partial charge in [0.1, 0.15) is 5.52 Å². The van der Waals surface area contributed by atoms with Gasteiger partial charge in [0.25, 0.3) is 5.91 Å². The summed E-state index contributed by atoms with van der Waals surface area (Å²) in [5.74, 6) is 0.806. The topological polar surface area (TPSA) is 64.2 Å². The molecule has 6 heteroatoms. The lowest BCUT2D eigenvalue weighted by Gasteiger charge is -2.36. The van der Waals surface area contributed by atoms with Crippen molar-refractivity contribution < 1.29 is 9.21 Å². The number of likely N-dealkylation sites (tertiary alicyclic amines) is 1. The molecule has 2 aromatic heterocycles. The number of carbonyl (C=O) groups is 1. The molecule has 4 aromatic rings. The van der Waals surface area contributed by atoms with Crippen LogP contribution >= 0.6 is 0 Å². The summed E-state index contributed by atoms with van der Waals surface area (Å²) in [5.41, 5.74) is 3.44.